The molecule has 0 N–H and O–H groups in total. The summed E-state index contributed by atoms with van der Waals surface area (Å²) in [5, 5.41) is 0. The van der Waals surface area contributed by atoms with Crippen molar-refractivity contribution in [3.05, 3.63) is 40.0 Å². The number of nitrogens with zero attached hydrogens (tertiary/aromatic N) is 1. The van der Waals surface area contributed by atoms with Crippen LogP contribution in [0.15, 0.2) is 36.4 Å². The average Bonchev–Trinajstić information content (AvgIpc) is 2.40. The van der Waals surface area contributed by atoms with Gasteiger partial charge in [-0.1, -0.05) is 6.08 Å². The summed E-state index contributed by atoms with van der Waals surface area (Å²) in [4.78, 5) is 12.9. The minimum absolute atomic E-state index is 0.0354. The van der Waals surface area contributed by atoms with Gasteiger partial charge in [0, 0.05) is 17.7 Å². The van der Waals surface area contributed by atoms with Gasteiger partial charge in [0.15, 0.2) is 0 Å². The SMILES string of the molecule is CC(CCC/C=C/C(=O)N(C)C)Oc1ccc(I)cc1. The van der Waals surface area contributed by atoms with Crippen molar-refractivity contribution < 1.29 is 9.53 Å². The third-order valence-electron chi connectivity index (χ3n) is 2.83. The molecule has 4 heteroatoms. The van der Waals surface area contributed by atoms with Gasteiger partial charge in [-0.25, -0.2) is 0 Å². The van der Waals surface area contributed by atoms with Gasteiger partial charge in [-0.2, -0.15) is 0 Å². The predicted molar refractivity (Wildman–Crippen MR) is 90.9 cm³/mol. The topological polar surface area (TPSA) is 29.5 Å². The van der Waals surface area contributed by atoms with Gasteiger partial charge >= 0.3 is 0 Å². The summed E-state index contributed by atoms with van der Waals surface area (Å²) < 4.78 is 7.04. The Bertz CT molecular complexity index is 440. The highest BCUT2D eigenvalue weighted by atomic mass is 127. The van der Waals surface area contributed by atoms with E-state index in [0.29, 0.717) is 0 Å². The highest BCUT2D eigenvalue weighted by molar-refractivity contribution is 14.1. The Labute approximate surface area is 135 Å². The molecule has 0 saturated heterocycles. The predicted octanol–water partition coefficient (Wildman–Crippen LogP) is 3.87. The number of allylic oxidation sites excluding steroid dienone is 1. The van der Waals surface area contributed by atoms with E-state index in [1.807, 2.05) is 30.3 Å². The second-order valence-corrected chi connectivity index (χ2v) is 6.19. The smallest absolute Gasteiger partial charge is 0.245 e. The number of rotatable bonds is 7. The van der Waals surface area contributed by atoms with Crippen LogP contribution < -0.4 is 4.74 Å². The molecule has 0 fully saturated rings. The molecule has 1 aromatic rings. The Morgan fingerprint density at radius 1 is 1.35 bits per heavy atom. The van der Waals surface area contributed by atoms with E-state index < -0.39 is 0 Å². The van der Waals surface area contributed by atoms with Crippen molar-refractivity contribution in [3.8, 4) is 5.75 Å². The molecule has 0 spiro atoms. The molecule has 3 nitrogen and oxygen atoms in total. The molecule has 0 heterocycles. The van der Waals surface area contributed by atoms with E-state index in [1.165, 1.54) is 3.57 Å². The molecule has 0 aliphatic rings. The van der Waals surface area contributed by atoms with Gasteiger partial charge < -0.3 is 9.64 Å². The molecule has 0 saturated carbocycles. The van der Waals surface area contributed by atoms with E-state index in [2.05, 4.69) is 29.5 Å². The number of halogens is 1. The fraction of sp³-hybridized carbons (Fsp3) is 0.438. The van der Waals surface area contributed by atoms with Crippen molar-refractivity contribution in [2.24, 2.45) is 0 Å². The maximum absolute atomic E-state index is 11.3. The van der Waals surface area contributed by atoms with Crippen LogP contribution in [0.5, 0.6) is 5.75 Å². The van der Waals surface area contributed by atoms with Crippen LogP contribution in [0.4, 0.5) is 0 Å². The number of hydrogen-bond acceptors (Lipinski definition) is 2. The summed E-state index contributed by atoms with van der Waals surface area (Å²) >= 11 is 2.28. The summed E-state index contributed by atoms with van der Waals surface area (Å²) in [5.74, 6) is 0.949. The van der Waals surface area contributed by atoms with Gasteiger partial charge in [-0.15, -0.1) is 0 Å². The van der Waals surface area contributed by atoms with E-state index in [0.717, 1.165) is 25.0 Å². The van der Waals surface area contributed by atoms with Crippen LogP contribution in [0.3, 0.4) is 0 Å². The molecule has 0 aliphatic carbocycles. The lowest BCUT2D eigenvalue weighted by atomic mass is 10.1. The lowest BCUT2D eigenvalue weighted by Crippen LogP contribution is -2.18. The zero-order chi connectivity index (χ0) is 15.0. The van der Waals surface area contributed by atoms with E-state index in [4.69, 9.17) is 4.74 Å². The Morgan fingerprint density at radius 3 is 2.60 bits per heavy atom. The van der Waals surface area contributed by atoms with Crippen LogP contribution in [0.25, 0.3) is 0 Å². The number of carbonyl (C=O) groups excluding carboxylic acids is 1. The van der Waals surface area contributed by atoms with Crippen molar-refractivity contribution in [2.45, 2.75) is 32.3 Å². The molecule has 1 aromatic carbocycles. The van der Waals surface area contributed by atoms with Crippen LogP contribution in [-0.4, -0.2) is 31.0 Å². The quantitative estimate of drug-likeness (QED) is 0.404. The van der Waals surface area contributed by atoms with Crippen LogP contribution in [0, 0.1) is 3.57 Å². The normalized spacial score (nSPS) is 12.4. The summed E-state index contributed by atoms with van der Waals surface area (Å²) in [6.07, 6.45) is 6.65. The fourth-order valence-electron chi connectivity index (χ4n) is 1.66. The second-order valence-electron chi connectivity index (χ2n) is 4.95. The summed E-state index contributed by atoms with van der Waals surface area (Å²) in [6, 6.07) is 8.07. The first-order valence-corrected chi connectivity index (χ1v) is 7.87. The number of benzene rings is 1. The lowest BCUT2D eigenvalue weighted by Gasteiger charge is -2.14. The average molecular weight is 387 g/mol. The minimum Gasteiger partial charge on any atom is -0.491 e. The molecule has 0 aromatic heterocycles. The number of ether oxygens (including phenoxy) is 1. The van der Waals surface area contributed by atoms with Gasteiger partial charge in [0.2, 0.25) is 5.91 Å². The molecule has 0 radical (unpaired) electrons. The van der Waals surface area contributed by atoms with Crippen molar-refractivity contribution in [2.75, 3.05) is 14.1 Å². The van der Waals surface area contributed by atoms with Crippen LogP contribution in [0.2, 0.25) is 0 Å². The minimum atomic E-state index is 0.0354. The van der Waals surface area contributed by atoms with Gasteiger partial charge in [0.25, 0.3) is 0 Å². The molecule has 20 heavy (non-hydrogen) atoms. The van der Waals surface area contributed by atoms with Crippen LogP contribution in [-0.2, 0) is 4.79 Å². The van der Waals surface area contributed by atoms with Gasteiger partial charge in [-0.3, -0.25) is 4.79 Å². The monoisotopic (exact) mass is 387 g/mol. The lowest BCUT2D eigenvalue weighted by molar-refractivity contribution is -0.123. The van der Waals surface area contributed by atoms with E-state index in [1.54, 1.807) is 25.1 Å². The Balaban J connectivity index is 2.22. The Hall–Kier alpha value is -1.04. The Morgan fingerprint density at radius 2 is 2.00 bits per heavy atom. The first kappa shape index (κ1) is 17.0. The van der Waals surface area contributed by atoms with Crippen LogP contribution >= 0.6 is 22.6 Å². The van der Waals surface area contributed by atoms with Crippen molar-refractivity contribution in [1.82, 2.24) is 4.90 Å². The largest absolute Gasteiger partial charge is 0.491 e. The second kappa shape index (κ2) is 9.00. The number of hydrogen-bond donors (Lipinski definition) is 0. The zero-order valence-electron chi connectivity index (χ0n) is 12.3. The van der Waals surface area contributed by atoms with E-state index >= 15 is 0 Å². The van der Waals surface area contributed by atoms with Crippen LogP contribution in [0.1, 0.15) is 26.2 Å². The molecule has 1 amide bonds. The van der Waals surface area contributed by atoms with Gasteiger partial charge in [-0.05, 0) is 79.1 Å². The highest BCUT2D eigenvalue weighted by Gasteiger charge is 2.03. The summed E-state index contributed by atoms with van der Waals surface area (Å²) in [6.45, 7) is 2.08. The molecule has 0 aliphatic heterocycles. The van der Waals surface area contributed by atoms with Crippen molar-refractivity contribution in [3.63, 3.8) is 0 Å². The molecule has 1 atom stereocenters. The molecule has 1 rings (SSSR count). The molecular formula is C16H22INO2. The Kier molecular flexibility index (Phi) is 7.65. The number of unbranched alkanes of at least 4 members (excludes halogenated alkanes) is 1. The number of amides is 1. The number of likely N-dealkylation sites (N-methyl/N-ethyl adjacent to an activating group) is 1. The molecule has 0 bridgehead atoms. The first-order valence-electron chi connectivity index (χ1n) is 6.79. The summed E-state index contributed by atoms with van der Waals surface area (Å²) in [5.41, 5.74) is 0. The third-order valence-corrected chi connectivity index (χ3v) is 3.55. The van der Waals surface area contributed by atoms with Gasteiger partial charge in [0.1, 0.15) is 5.75 Å². The van der Waals surface area contributed by atoms with Crippen molar-refractivity contribution >= 4 is 28.5 Å². The molecule has 110 valence electrons. The molecular weight excluding hydrogens is 365 g/mol. The standard InChI is InChI=1S/C16H22INO2/c1-13(20-15-11-9-14(17)10-12-15)7-5-4-6-8-16(19)18(2)3/h6,8-13H,4-5,7H2,1-3H3/b8-6+. The maximum atomic E-state index is 11.3. The fourth-order valence-corrected chi connectivity index (χ4v) is 2.02. The third kappa shape index (κ3) is 6.93. The highest BCUT2D eigenvalue weighted by Crippen LogP contribution is 2.16. The number of carbonyl (C=O) groups is 1. The first-order chi connectivity index (χ1) is 9.49. The van der Waals surface area contributed by atoms with Gasteiger partial charge in [0.05, 0.1) is 6.10 Å². The molecule has 1 unspecified atom stereocenters. The van der Waals surface area contributed by atoms with Crippen molar-refractivity contribution in [1.29, 1.82) is 0 Å². The maximum Gasteiger partial charge on any atom is 0.245 e. The van der Waals surface area contributed by atoms with E-state index in [-0.39, 0.29) is 12.0 Å². The summed E-state index contributed by atoms with van der Waals surface area (Å²) in [7, 11) is 3.51. The van der Waals surface area contributed by atoms with E-state index in [9.17, 15) is 4.79 Å². The zero-order valence-corrected chi connectivity index (χ0v) is 14.5.